The molecule has 1 aliphatic carbocycles. The first-order valence-corrected chi connectivity index (χ1v) is 10.4. The molecule has 6 heteroatoms. The van der Waals surface area contributed by atoms with Gasteiger partial charge in [-0.3, -0.25) is 4.79 Å². The van der Waals surface area contributed by atoms with Crippen molar-refractivity contribution in [2.24, 2.45) is 5.41 Å². The lowest BCUT2D eigenvalue weighted by Crippen LogP contribution is -2.39. The van der Waals surface area contributed by atoms with E-state index in [0.29, 0.717) is 47.6 Å². The second-order valence-corrected chi connectivity index (χ2v) is 9.04. The van der Waals surface area contributed by atoms with Gasteiger partial charge in [0, 0.05) is 29.3 Å². The molecular weight excluding hydrogens is 382 g/mol. The highest BCUT2D eigenvalue weighted by molar-refractivity contribution is 6.04. The lowest BCUT2D eigenvalue weighted by Gasteiger charge is -2.39. The van der Waals surface area contributed by atoms with E-state index in [2.05, 4.69) is 19.2 Å². The van der Waals surface area contributed by atoms with Gasteiger partial charge in [0.05, 0.1) is 18.3 Å². The van der Waals surface area contributed by atoms with E-state index in [9.17, 15) is 14.7 Å². The van der Waals surface area contributed by atoms with E-state index in [-0.39, 0.29) is 23.1 Å². The Bertz CT molecular complexity index is 939. The van der Waals surface area contributed by atoms with Gasteiger partial charge in [0.25, 0.3) is 0 Å². The summed E-state index contributed by atoms with van der Waals surface area (Å²) in [4.78, 5) is 26.3. The smallest absolute Gasteiger partial charge is 0.337 e. The van der Waals surface area contributed by atoms with E-state index in [1.807, 2.05) is 13.8 Å². The number of allylic oxidation sites excluding steroid dienone is 3. The molecule has 0 spiro atoms. The van der Waals surface area contributed by atoms with Crippen LogP contribution in [0.3, 0.4) is 0 Å². The summed E-state index contributed by atoms with van der Waals surface area (Å²) >= 11 is 0. The van der Waals surface area contributed by atoms with Crippen molar-refractivity contribution in [3.05, 3.63) is 46.3 Å². The first-order chi connectivity index (χ1) is 14.0. The molecule has 2 aliphatic rings. The van der Waals surface area contributed by atoms with Crippen molar-refractivity contribution >= 4 is 11.8 Å². The first-order valence-electron chi connectivity index (χ1n) is 10.4. The zero-order valence-corrected chi connectivity index (χ0v) is 18.6. The van der Waals surface area contributed by atoms with Crippen LogP contribution in [0.1, 0.15) is 65.9 Å². The van der Waals surface area contributed by atoms with Crippen molar-refractivity contribution < 1.29 is 24.2 Å². The quantitative estimate of drug-likeness (QED) is 0.698. The minimum Gasteiger partial charge on any atom is -0.504 e. The van der Waals surface area contributed by atoms with Crippen LogP contribution in [0.25, 0.3) is 0 Å². The molecule has 30 heavy (non-hydrogen) atoms. The van der Waals surface area contributed by atoms with Gasteiger partial charge in [-0.15, -0.1) is 0 Å². The Morgan fingerprint density at radius 1 is 1.30 bits per heavy atom. The van der Waals surface area contributed by atoms with Gasteiger partial charge in [0.1, 0.15) is 0 Å². The number of ketones is 1. The predicted octanol–water partition coefficient (Wildman–Crippen LogP) is 4.35. The summed E-state index contributed by atoms with van der Waals surface area (Å²) < 4.78 is 11.1. The SMILES string of the molecule is CCOc1cc([C@@H]2C(C(=O)OC(C)C)=C(C)NC3=C2C(=O)CC(C)(C)C3)ccc1O. The number of aromatic hydroxyl groups is 1. The molecule has 0 radical (unpaired) electrons. The van der Waals surface area contributed by atoms with E-state index in [4.69, 9.17) is 9.47 Å². The number of benzene rings is 1. The molecule has 1 aliphatic heterocycles. The van der Waals surface area contributed by atoms with Crippen LogP contribution in [0.4, 0.5) is 0 Å². The summed E-state index contributed by atoms with van der Waals surface area (Å²) in [6, 6.07) is 4.99. The summed E-state index contributed by atoms with van der Waals surface area (Å²) in [5.41, 5.74) is 3.11. The Labute approximate surface area is 178 Å². The van der Waals surface area contributed by atoms with Gasteiger partial charge in [-0.05, 0) is 57.2 Å². The minimum atomic E-state index is -0.573. The Morgan fingerprint density at radius 3 is 2.63 bits per heavy atom. The number of esters is 1. The molecule has 0 bridgehead atoms. The van der Waals surface area contributed by atoms with Gasteiger partial charge in [-0.1, -0.05) is 19.9 Å². The Balaban J connectivity index is 2.19. The number of nitrogens with one attached hydrogen (secondary N) is 1. The fourth-order valence-corrected chi connectivity index (χ4v) is 4.30. The van der Waals surface area contributed by atoms with E-state index < -0.39 is 11.9 Å². The van der Waals surface area contributed by atoms with Crippen LogP contribution in [0.2, 0.25) is 0 Å². The molecule has 6 nitrogen and oxygen atoms in total. The van der Waals surface area contributed by atoms with Crippen molar-refractivity contribution in [2.75, 3.05) is 6.61 Å². The Kier molecular flexibility index (Phi) is 5.97. The number of carbonyl (C=O) groups is 2. The third kappa shape index (κ3) is 4.23. The molecule has 1 heterocycles. The van der Waals surface area contributed by atoms with Crippen LogP contribution in [0.15, 0.2) is 40.7 Å². The lowest BCUT2D eigenvalue weighted by atomic mass is 9.68. The molecule has 1 aromatic carbocycles. The highest BCUT2D eigenvalue weighted by Gasteiger charge is 2.43. The zero-order chi connectivity index (χ0) is 22.2. The van der Waals surface area contributed by atoms with Crippen molar-refractivity contribution in [1.82, 2.24) is 5.32 Å². The molecule has 0 aromatic heterocycles. The Hall–Kier alpha value is -2.76. The molecule has 0 saturated carbocycles. The van der Waals surface area contributed by atoms with Crippen LogP contribution >= 0.6 is 0 Å². The van der Waals surface area contributed by atoms with Crippen LogP contribution < -0.4 is 10.1 Å². The molecule has 0 amide bonds. The van der Waals surface area contributed by atoms with Gasteiger partial charge in [0.2, 0.25) is 0 Å². The number of Topliss-reactive ketones (excluding diaryl/α,β-unsaturated/α-hetero) is 1. The molecule has 1 atom stereocenters. The summed E-state index contributed by atoms with van der Waals surface area (Å²) in [7, 11) is 0. The fourth-order valence-electron chi connectivity index (χ4n) is 4.30. The van der Waals surface area contributed by atoms with Crippen LogP contribution in [0, 0.1) is 5.41 Å². The van der Waals surface area contributed by atoms with Crippen LogP contribution in [0.5, 0.6) is 11.5 Å². The largest absolute Gasteiger partial charge is 0.504 e. The molecule has 0 unspecified atom stereocenters. The van der Waals surface area contributed by atoms with Crippen molar-refractivity contribution in [3.63, 3.8) is 0 Å². The summed E-state index contributed by atoms with van der Waals surface area (Å²) in [6.45, 7) is 11.8. The van der Waals surface area contributed by atoms with Crippen LogP contribution in [-0.4, -0.2) is 29.6 Å². The van der Waals surface area contributed by atoms with E-state index in [1.54, 1.807) is 32.0 Å². The molecular formula is C24H31NO5. The van der Waals surface area contributed by atoms with Gasteiger partial charge in [-0.25, -0.2) is 4.79 Å². The maximum Gasteiger partial charge on any atom is 0.337 e. The highest BCUT2D eigenvalue weighted by Crippen LogP contribution is 2.47. The number of hydrogen-bond acceptors (Lipinski definition) is 6. The summed E-state index contributed by atoms with van der Waals surface area (Å²) in [6.07, 6.45) is 0.838. The average Bonchev–Trinajstić information content (AvgIpc) is 2.60. The minimum absolute atomic E-state index is 0.0202. The van der Waals surface area contributed by atoms with E-state index in [0.717, 1.165) is 5.70 Å². The molecule has 3 rings (SSSR count). The number of ether oxygens (including phenoxy) is 2. The van der Waals surface area contributed by atoms with E-state index >= 15 is 0 Å². The zero-order valence-electron chi connectivity index (χ0n) is 18.6. The maximum atomic E-state index is 13.2. The number of rotatable bonds is 5. The maximum absolute atomic E-state index is 13.2. The molecule has 2 N–H and O–H groups in total. The average molecular weight is 414 g/mol. The van der Waals surface area contributed by atoms with Gasteiger partial charge < -0.3 is 19.9 Å². The van der Waals surface area contributed by atoms with Crippen molar-refractivity contribution in [3.8, 4) is 11.5 Å². The third-order valence-corrected chi connectivity index (χ3v) is 5.42. The van der Waals surface area contributed by atoms with Gasteiger partial charge in [-0.2, -0.15) is 0 Å². The van der Waals surface area contributed by atoms with Crippen molar-refractivity contribution in [1.29, 1.82) is 0 Å². The molecule has 0 fully saturated rings. The topological polar surface area (TPSA) is 84.9 Å². The second-order valence-electron chi connectivity index (χ2n) is 9.04. The monoisotopic (exact) mass is 413 g/mol. The number of phenolic OH excluding ortho intramolecular Hbond substituents is 1. The number of carbonyl (C=O) groups excluding carboxylic acids is 2. The normalized spacial score (nSPS) is 20.8. The standard InChI is InChI=1S/C24H31NO5/c1-7-29-19-10-15(8-9-17(19)26)21-20(23(28)30-13(2)3)14(4)25-16-11-24(5,6)12-18(27)22(16)21/h8-10,13,21,25-26H,7,11-12H2,1-6H3/t21-/m1/s1. The number of phenols is 1. The van der Waals surface area contributed by atoms with Crippen LogP contribution in [-0.2, 0) is 14.3 Å². The summed E-state index contributed by atoms with van der Waals surface area (Å²) in [5, 5.41) is 13.5. The molecule has 162 valence electrons. The van der Waals surface area contributed by atoms with Crippen molar-refractivity contribution in [2.45, 2.75) is 66.4 Å². The second kappa shape index (κ2) is 8.17. The van der Waals surface area contributed by atoms with E-state index in [1.165, 1.54) is 0 Å². The lowest BCUT2D eigenvalue weighted by molar-refractivity contribution is -0.143. The number of dihydropyridines is 1. The van der Waals surface area contributed by atoms with Gasteiger partial charge in [0.15, 0.2) is 17.3 Å². The third-order valence-electron chi connectivity index (χ3n) is 5.42. The number of hydrogen-bond donors (Lipinski definition) is 2. The highest BCUT2D eigenvalue weighted by atomic mass is 16.5. The summed E-state index contributed by atoms with van der Waals surface area (Å²) in [5.74, 6) is -0.654. The Morgan fingerprint density at radius 2 is 2.00 bits per heavy atom. The molecule has 1 aromatic rings. The first kappa shape index (κ1) is 21.9. The van der Waals surface area contributed by atoms with Gasteiger partial charge >= 0.3 is 5.97 Å². The fraction of sp³-hybridized carbons (Fsp3) is 0.500. The molecule has 0 saturated heterocycles. The predicted molar refractivity (Wildman–Crippen MR) is 114 cm³/mol.